The molecule has 0 aliphatic heterocycles. The summed E-state index contributed by atoms with van der Waals surface area (Å²) in [4.78, 5) is 15.9. The van der Waals surface area contributed by atoms with Gasteiger partial charge in [-0.25, -0.2) is 4.98 Å². The Balaban J connectivity index is 1.67. The van der Waals surface area contributed by atoms with Gasteiger partial charge in [0.25, 0.3) is 0 Å². The van der Waals surface area contributed by atoms with Crippen molar-refractivity contribution >= 4 is 5.78 Å². The molecule has 1 aliphatic carbocycles. The fraction of sp³-hybridized carbons (Fsp3) is 0.250. The quantitative estimate of drug-likeness (QED) is 0.801. The Labute approximate surface area is 117 Å². The van der Waals surface area contributed by atoms with Gasteiger partial charge >= 0.3 is 0 Å². The lowest BCUT2D eigenvalue weighted by Crippen LogP contribution is -2.14. The fourth-order valence-corrected chi connectivity index (χ4v) is 2.37. The molecule has 4 heteroatoms. The maximum Gasteiger partial charge on any atom is 0.188 e. The van der Waals surface area contributed by atoms with Gasteiger partial charge in [0, 0.05) is 18.0 Å². The van der Waals surface area contributed by atoms with E-state index in [0.717, 1.165) is 36.3 Å². The van der Waals surface area contributed by atoms with Crippen LogP contribution in [0.4, 0.5) is 0 Å². The lowest BCUT2D eigenvalue weighted by molar-refractivity contribution is 0.102. The molecule has 0 bridgehead atoms. The number of ether oxygens (including phenoxy) is 1. The number of carbonyl (C=O) groups excluding carboxylic acids is 1. The van der Waals surface area contributed by atoms with E-state index in [4.69, 9.17) is 4.74 Å². The molecule has 0 amide bonds. The highest BCUT2D eigenvalue weighted by molar-refractivity contribution is 6.10. The molecular weight excluding hydrogens is 252 g/mol. The van der Waals surface area contributed by atoms with E-state index >= 15 is 0 Å². The van der Waals surface area contributed by atoms with Gasteiger partial charge in [0.2, 0.25) is 0 Å². The van der Waals surface area contributed by atoms with Crippen molar-refractivity contribution in [3.8, 4) is 5.75 Å². The largest absolute Gasteiger partial charge is 0.492 e. The second kappa shape index (κ2) is 5.33. The number of Topliss-reactive ketones (excluding diaryl/α,β-unsaturated/α-hetero) is 1. The van der Waals surface area contributed by atoms with Crippen molar-refractivity contribution in [3.63, 3.8) is 0 Å². The number of aromatic nitrogens is 2. The van der Waals surface area contributed by atoms with Crippen LogP contribution in [-0.2, 0) is 13.0 Å². The number of nitrogens with zero attached hydrogens (tertiary/aromatic N) is 2. The molecule has 20 heavy (non-hydrogen) atoms. The average molecular weight is 268 g/mol. The van der Waals surface area contributed by atoms with Gasteiger partial charge in [0.15, 0.2) is 5.78 Å². The van der Waals surface area contributed by atoms with E-state index in [0.29, 0.717) is 12.2 Å². The number of benzene rings is 1. The van der Waals surface area contributed by atoms with Gasteiger partial charge in [0.05, 0.1) is 12.9 Å². The zero-order valence-electron chi connectivity index (χ0n) is 11.2. The SMILES string of the molecule is C=C1CCc2cc(OCCn3ccnc3)ccc2C1=O. The highest BCUT2D eigenvalue weighted by Gasteiger charge is 2.20. The van der Waals surface area contributed by atoms with Crippen LogP contribution in [0.15, 0.2) is 49.1 Å². The summed E-state index contributed by atoms with van der Waals surface area (Å²) in [5, 5.41) is 0. The summed E-state index contributed by atoms with van der Waals surface area (Å²) in [6.45, 7) is 5.14. The summed E-state index contributed by atoms with van der Waals surface area (Å²) in [7, 11) is 0. The van der Waals surface area contributed by atoms with Gasteiger partial charge < -0.3 is 9.30 Å². The van der Waals surface area contributed by atoms with Crippen molar-refractivity contribution in [2.75, 3.05) is 6.61 Å². The van der Waals surface area contributed by atoms with E-state index in [1.54, 1.807) is 12.5 Å². The predicted octanol–water partition coefficient (Wildman–Crippen LogP) is 2.65. The molecule has 1 aliphatic rings. The summed E-state index contributed by atoms with van der Waals surface area (Å²) in [6.07, 6.45) is 7.02. The van der Waals surface area contributed by atoms with Gasteiger partial charge in [-0.2, -0.15) is 0 Å². The number of carbonyl (C=O) groups is 1. The minimum atomic E-state index is 0.0659. The smallest absolute Gasteiger partial charge is 0.188 e. The zero-order chi connectivity index (χ0) is 13.9. The van der Waals surface area contributed by atoms with Crippen LogP contribution in [0.25, 0.3) is 0 Å². The Bertz CT molecular complexity index is 645. The van der Waals surface area contributed by atoms with Crippen LogP contribution in [-0.4, -0.2) is 21.9 Å². The Morgan fingerprint density at radius 2 is 2.25 bits per heavy atom. The molecule has 0 fully saturated rings. The number of rotatable bonds is 4. The Kier molecular flexibility index (Phi) is 3.37. The molecule has 0 atom stereocenters. The highest BCUT2D eigenvalue weighted by Crippen LogP contribution is 2.27. The molecule has 2 aromatic rings. The van der Waals surface area contributed by atoms with Crippen LogP contribution in [0.5, 0.6) is 5.75 Å². The maximum absolute atomic E-state index is 11.9. The van der Waals surface area contributed by atoms with E-state index in [2.05, 4.69) is 11.6 Å². The van der Waals surface area contributed by atoms with E-state index in [1.165, 1.54) is 0 Å². The predicted molar refractivity (Wildman–Crippen MR) is 76.0 cm³/mol. The summed E-state index contributed by atoms with van der Waals surface area (Å²) >= 11 is 0. The zero-order valence-corrected chi connectivity index (χ0v) is 11.2. The highest BCUT2D eigenvalue weighted by atomic mass is 16.5. The third-order valence-electron chi connectivity index (χ3n) is 3.52. The molecule has 1 aromatic carbocycles. The van der Waals surface area contributed by atoms with Crippen LogP contribution >= 0.6 is 0 Å². The molecule has 4 nitrogen and oxygen atoms in total. The first-order valence-electron chi connectivity index (χ1n) is 6.68. The number of allylic oxidation sites excluding steroid dienone is 1. The number of hydrogen-bond donors (Lipinski definition) is 0. The second-order valence-electron chi connectivity index (χ2n) is 4.90. The van der Waals surface area contributed by atoms with E-state index in [9.17, 15) is 4.79 Å². The summed E-state index contributed by atoms with van der Waals surface area (Å²) in [5.41, 5.74) is 2.53. The molecule has 3 rings (SSSR count). The third-order valence-corrected chi connectivity index (χ3v) is 3.52. The summed E-state index contributed by atoms with van der Waals surface area (Å²) < 4.78 is 7.69. The van der Waals surface area contributed by atoms with Gasteiger partial charge in [0.1, 0.15) is 12.4 Å². The van der Waals surface area contributed by atoms with Crippen molar-refractivity contribution in [2.45, 2.75) is 19.4 Å². The topological polar surface area (TPSA) is 44.1 Å². The Morgan fingerprint density at radius 1 is 1.35 bits per heavy atom. The molecule has 0 saturated heterocycles. The van der Waals surface area contributed by atoms with E-state index in [-0.39, 0.29) is 5.78 Å². The average Bonchev–Trinajstić information content (AvgIpc) is 2.96. The van der Waals surface area contributed by atoms with Gasteiger partial charge in [-0.05, 0) is 42.2 Å². The fourth-order valence-electron chi connectivity index (χ4n) is 2.37. The van der Waals surface area contributed by atoms with Crippen molar-refractivity contribution in [1.29, 1.82) is 0 Å². The molecule has 0 N–H and O–H groups in total. The first kappa shape index (κ1) is 12.7. The third kappa shape index (κ3) is 2.50. The lowest BCUT2D eigenvalue weighted by atomic mass is 9.87. The second-order valence-corrected chi connectivity index (χ2v) is 4.90. The van der Waals surface area contributed by atoms with Crippen molar-refractivity contribution < 1.29 is 9.53 Å². The van der Waals surface area contributed by atoms with Crippen LogP contribution in [0.3, 0.4) is 0 Å². The molecule has 1 aromatic heterocycles. The lowest BCUT2D eigenvalue weighted by Gasteiger charge is -2.17. The summed E-state index contributed by atoms with van der Waals surface area (Å²) in [5.74, 6) is 0.875. The molecule has 1 heterocycles. The molecule has 0 radical (unpaired) electrons. The van der Waals surface area contributed by atoms with Crippen LogP contribution in [0, 0.1) is 0 Å². The van der Waals surface area contributed by atoms with E-state index < -0.39 is 0 Å². The number of ketones is 1. The Morgan fingerprint density at radius 3 is 3.05 bits per heavy atom. The molecule has 0 saturated carbocycles. The minimum absolute atomic E-state index is 0.0659. The van der Waals surface area contributed by atoms with E-state index in [1.807, 2.05) is 29.0 Å². The first-order valence-corrected chi connectivity index (χ1v) is 6.68. The number of imidazole rings is 1. The molecule has 0 unspecified atom stereocenters. The van der Waals surface area contributed by atoms with Crippen LogP contribution in [0.1, 0.15) is 22.3 Å². The number of hydrogen-bond acceptors (Lipinski definition) is 3. The van der Waals surface area contributed by atoms with Gasteiger partial charge in [-0.15, -0.1) is 0 Å². The molecular formula is C16H16N2O2. The van der Waals surface area contributed by atoms with Crippen molar-refractivity contribution in [3.05, 3.63) is 60.2 Å². The molecule has 102 valence electrons. The Hall–Kier alpha value is -2.36. The normalized spacial score (nSPS) is 14.2. The van der Waals surface area contributed by atoms with Gasteiger partial charge in [-0.1, -0.05) is 6.58 Å². The van der Waals surface area contributed by atoms with Crippen LogP contribution in [0.2, 0.25) is 0 Å². The monoisotopic (exact) mass is 268 g/mol. The van der Waals surface area contributed by atoms with Gasteiger partial charge in [-0.3, -0.25) is 4.79 Å². The van der Waals surface area contributed by atoms with Crippen molar-refractivity contribution in [2.24, 2.45) is 0 Å². The summed E-state index contributed by atoms with van der Waals surface area (Å²) in [6, 6.07) is 5.66. The minimum Gasteiger partial charge on any atom is -0.492 e. The standard InChI is InChI=1S/C16H16N2O2/c1-12-2-3-13-10-14(4-5-15(13)16(12)19)20-9-8-18-7-6-17-11-18/h4-7,10-11H,1-3,8-9H2. The van der Waals surface area contributed by atoms with Crippen molar-refractivity contribution in [1.82, 2.24) is 9.55 Å². The maximum atomic E-state index is 11.9. The number of fused-ring (bicyclic) bond motifs is 1. The van der Waals surface area contributed by atoms with Crippen LogP contribution < -0.4 is 4.74 Å². The first-order chi connectivity index (χ1) is 9.74. The molecule has 0 spiro atoms. The number of aryl methyl sites for hydroxylation is 1.